The van der Waals surface area contributed by atoms with Crippen LogP contribution in [0.1, 0.15) is 50.1 Å². The van der Waals surface area contributed by atoms with E-state index in [1.54, 1.807) is 30.6 Å². The molecule has 32 heavy (non-hydrogen) atoms. The molecule has 0 unspecified atom stereocenters. The third kappa shape index (κ3) is 4.55. The molecule has 4 saturated carbocycles. The summed E-state index contributed by atoms with van der Waals surface area (Å²) < 4.78 is 11.0. The van der Waals surface area contributed by atoms with Gasteiger partial charge in [-0.05, 0) is 49.7 Å². The predicted molar refractivity (Wildman–Crippen MR) is 118 cm³/mol. The highest BCUT2D eigenvalue weighted by Crippen LogP contribution is 2.69. The fourth-order valence-electron chi connectivity index (χ4n) is 4.98. The third-order valence-corrected chi connectivity index (χ3v) is 7.14. The monoisotopic (exact) mass is 475 g/mol. The molecule has 6 rings (SSSR count). The Morgan fingerprint density at radius 3 is 2.47 bits per heavy atom. The fourth-order valence-corrected chi connectivity index (χ4v) is 5.27. The molecule has 7 nitrogen and oxygen atoms in total. The van der Waals surface area contributed by atoms with Crippen molar-refractivity contribution in [3.63, 3.8) is 0 Å². The van der Waals surface area contributed by atoms with Crippen LogP contribution in [0.5, 0.6) is 11.6 Å². The number of aromatic nitrogens is 2. The first-order valence-corrected chi connectivity index (χ1v) is 11.4. The second-order valence-electron chi connectivity index (χ2n) is 9.28. The summed E-state index contributed by atoms with van der Waals surface area (Å²) in [6.07, 6.45) is 8.49. The van der Waals surface area contributed by atoms with E-state index >= 15 is 0 Å². The Bertz CT molecular complexity index is 1040. The SMILES string of the molecule is O=C(COc1ccc(Cl)c(Cl)c1)CC12CC(NC(=O)COc3cnc(C4CC4)cn3)(C1)C2. The zero-order valence-electron chi connectivity index (χ0n) is 17.4. The molecule has 0 spiro atoms. The average Bonchev–Trinajstić information content (AvgIpc) is 3.56. The lowest BCUT2D eigenvalue weighted by Gasteiger charge is -2.70. The van der Waals surface area contributed by atoms with Gasteiger partial charge in [-0.15, -0.1) is 0 Å². The van der Waals surface area contributed by atoms with Crippen LogP contribution in [-0.4, -0.2) is 40.4 Å². The number of nitrogens with zero attached hydrogens (tertiary/aromatic N) is 2. The quantitative estimate of drug-likeness (QED) is 0.555. The molecule has 9 heteroatoms. The van der Waals surface area contributed by atoms with Gasteiger partial charge in [0.05, 0.1) is 28.1 Å². The van der Waals surface area contributed by atoms with Crippen molar-refractivity contribution in [2.45, 2.75) is 50.0 Å². The summed E-state index contributed by atoms with van der Waals surface area (Å²) in [6.45, 7) is -0.101. The summed E-state index contributed by atoms with van der Waals surface area (Å²) in [6, 6.07) is 4.91. The lowest BCUT2D eigenvalue weighted by Crippen LogP contribution is -2.75. The van der Waals surface area contributed by atoms with Crippen molar-refractivity contribution in [1.29, 1.82) is 0 Å². The van der Waals surface area contributed by atoms with Gasteiger partial charge in [0, 0.05) is 23.9 Å². The van der Waals surface area contributed by atoms with E-state index in [4.69, 9.17) is 32.7 Å². The van der Waals surface area contributed by atoms with Gasteiger partial charge >= 0.3 is 0 Å². The van der Waals surface area contributed by atoms with E-state index in [1.807, 2.05) is 0 Å². The molecule has 0 saturated heterocycles. The van der Waals surface area contributed by atoms with Crippen LogP contribution in [0.2, 0.25) is 10.0 Å². The van der Waals surface area contributed by atoms with Crippen molar-refractivity contribution >= 4 is 34.9 Å². The first-order valence-electron chi connectivity index (χ1n) is 10.7. The van der Waals surface area contributed by atoms with Gasteiger partial charge in [0.25, 0.3) is 5.91 Å². The standard InChI is InChI=1S/C23H23Cl2N3O4/c24-17-4-3-16(5-18(17)25)31-9-15(29)6-22-11-23(12-22,13-22)28-20(30)10-32-21-8-26-19(7-27-21)14-1-2-14/h3-5,7-8,14H,1-2,6,9-13H2,(H,28,30). The molecule has 4 fully saturated rings. The molecule has 1 heterocycles. The number of benzene rings is 1. The van der Waals surface area contributed by atoms with Crippen LogP contribution >= 0.6 is 23.2 Å². The number of nitrogens with one attached hydrogen (secondary N) is 1. The third-order valence-electron chi connectivity index (χ3n) is 6.40. The topological polar surface area (TPSA) is 90.4 Å². The van der Waals surface area contributed by atoms with Crippen LogP contribution in [0.4, 0.5) is 0 Å². The number of halogens is 2. The maximum absolute atomic E-state index is 12.4. The van der Waals surface area contributed by atoms with Gasteiger partial charge in [-0.1, -0.05) is 23.2 Å². The van der Waals surface area contributed by atoms with Gasteiger partial charge in [0.2, 0.25) is 5.88 Å². The number of carbonyl (C=O) groups is 2. The molecule has 1 aromatic carbocycles. The van der Waals surface area contributed by atoms with Crippen LogP contribution in [-0.2, 0) is 9.59 Å². The largest absolute Gasteiger partial charge is 0.486 e. The van der Waals surface area contributed by atoms with Gasteiger partial charge in [-0.3, -0.25) is 14.6 Å². The zero-order chi connectivity index (χ0) is 22.3. The first kappa shape index (κ1) is 21.5. The Morgan fingerprint density at radius 2 is 1.81 bits per heavy atom. The molecule has 0 aliphatic heterocycles. The van der Waals surface area contributed by atoms with Crippen LogP contribution in [0.3, 0.4) is 0 Å². The van der Waals surface area contributed by atoms with Gasteiger partial charge in [-0.25, -0.2) is 4.98 Å². The smallest absolute Gasteiger partial charge is 0.258 e. The van der Waals surface area contributed by atoms with Crippen molar-refractivity contribution in [2.24, 2.45) is 5.41 Å². The normalized spacial score (nSPS) is 25.3. The Morgan fingerprint density at radius 1 is 1.03 bits per heavy atom. The maximum Gasteiger partial charge on any atom is 0.258 e. The Labute approximate surface area is 195 Å². The molecule has 2 aromatic rings. The molecular weight excluding hydrogens is 453 g/mol. The molecule has 2 bridgehead atoms. The molecule has 1 aromatic heterocycles. The van der Waals surface area contributed by atoms with Crippen LogP contribution in [0, 0.1) is 5.41 Å². The molecule has 4 aliphatic carbocycles. The summed E-state index contributed by atoms with van der Waals surface area (Å²) in [7, 11) is 0. The zero-order valence-corrected chi connectivity index (χ0v) is 18.9. The summed E-state index contributed by atoms with van der Waals surface area (Å²) in [5, 5.41) is 3.88. The number of ether oxygens (including phenoxy) is 2. The average molecular weight is 476 g/mol. The number of hydrogen-bond acceptors (Lipinski definition) is 6. The predicted octanol–water partition coefficient (Wildman–Crippen LogP) is 4.12. The summed E-state index contributed by atoms with van der Waals surface area (Å²) in [4.78, 5) is 33.2. The van der Waals surface area contributed by atoms with Crippen LogP contribution in [0.25, 0.3) is 0 Å². The van der Waals surface area contributed by atoms with E-state index < -0.39 is 0 Å². The minimum Gasteiger partial charge on any atom is -0.486 e. The van der Waals surface area contributed by atoms with E-state index in [1.165, 1.54) is 0 Å². The Hall–Kier alpha value is -2.38. The first-order chi connectivity index (χ1) is 15.3. The highest BCUT2D eigenvalue weighted by atomic mass is 35.5. The number of ketones is 1. The lowest BCUT2D eigenvalue weighted by atomic mass is 9.38. The minimum absolute atomic E-state index is 0.00647. The van der Waals surface area contributed by atoms with Gasteiger partial charge in [-0.2, -0.15) is 0 Å². The van der Waals surface area contributed by atoms with E-state index in [0.29, 0.717) is 34.0 Å². The minimum atomic E-state index is -0.202. The van der Waals surface area contributed by atoms with E-state index in [2.05, 4.69) is 15.3 Å². The Balaban J connectivity index is 1.01. The summed E-state index contributed by atoms with van der Waals surface area (Å²) >= 11 is 11.8. The highest BCUT2D eigenvalue weighted by Gasteiger charge is 2.68. The molecule has 4 aliphatic rings. The van der Waals surface area contributed by atoms with E-state index in [9.17, 15) is 9.59 Å². The fraction of sp³-hybridized carbons (Fsp3) is 0.478. The van der Waals surface area contributed by atoms with Gasteiger partial charge in [0.1, 0.15) is 12.4 Å². The van der Waals surface area contributed by atoms with E-state index in [0.717, 1.165) is 37.8 Å². The van der Waals surface area contributed by atoms with Crippen molar-refractivity contribution in [3.8, 4) is 11.6 Å². The molecular formula is C23H23Cl2N3O4. The summed E-state index contributed by atoms with van der Waals surface area (Å²) in [5.41, 5.74) is 0.765. The highest BCUT2D eigenvalue weighted by molar-refractivity contribution is 6.42. The molecule has 0 atom stereocenters. The van der Waals surface area contributed by atoms with Crippen molar-refractivity contribution in [3.05, 3.63) is 46.3 Å². The lowest BCUT2D eigenvalue weighted by molar-refractivity contribution is -0.173. The molecule has 0 radical (unpaired) electrons. The number of hydrogen-bond donors (Lipinski definition) is 1. The molecule has 168 valence electrons. The van der Waals surface area contributed by atoms with Crippen LogP contribution in [0.15, 0.2) is 30.6 Å². The number of amides is 1. The molecule has 1 N–H and O–H groups in total. The Kier molecular flexibility index (Phi) is 5.50. The second-order valence-corrected chi connectivity index (χ2v) is 10.1. The second kappa shape index (κ2) is 8.19. The van der Waals surface area contributed by atoms with Crippen molar-refractivity contribution < 1.29 is 19.1 Å². The van der Waals surface area contributed by atoms with Gasteiger partial charge in [0.15, 0.2) is 12.4 Å². The van der Waals surface area contributed by atoms with Crippen molar-refractivity contribution in [1.82, 2.24) is 15.3 Å². The number of rotatable bonds is 10. The maximum atomic E-state index is 12.4. The van der Waals surface area contributed by atoms with E-state index in [-0.39, 0.29) is 35.9 Å². The molecule has 1 amide bonds. The summed E-state index contributed by atoms with van der Waals surface area (Å²) in [5.74, 6) is 1.26. The number of Topliss-reactive ketones (excluding diaryl/α,β-unsaturated/α-hetero) is 1. The van der Waals surface area contributed by atoms with Gasteiger partial charge < -0.3 is 14.8 Å². The van der Waals surface area contributed by atoms with Crippen LogP contribution < -0.4 is 14.8 Å². The number of carbonyl (C=O) groups excluding carboxylic acids is 2. The van der Waals surface area contributed by atoms with Crippen molar-refractivity contribution in [2.75, 3.05) is 13.2 Å².